The van der Waals surface area contributed by atoms with Crippen molar-refractivity contribution in [3.05, 3.63) is 65.7 Å². The normalized spacial score (nSPS) is 10.7. The van der Waals surface area contributed by atoms with E-state index < -0.39 is 5.97 Å². The number of aliphatic carboxylic acids is 1. The second-order valence-corrected chi connectivity index (χ2v) is 5.50. The van der Waals surface area contributed by atoms with Gasteiger partial charge in [-0.25, -0.2) is 0 Å². The Balaban J connectivity index is 1.94. The molecule has 1 N–H and O–H groups in total. The van der Waals surface area contributed by atoms with Crippen molar-refractivity contribution in [2.75, 3.05) is 20.2 Å². The first-order valence-electron chi connectivity index (χ1n) is 7.78. The Kier molecular flexibility index (Phi) is 6.63. The van der Waals surface area contributed by atoms with Crippen LogP contribution in [0.3, 0.4) is 0 Å². The number of hydrogen-bond acceptors (Lipinski definition) is 3. The highest BCUT2D eigenvalue weighted by Gasteiger charge is 2.09. The summed E-state index contributed by atoms with van der Waals surface area (Å²) in [5.41, 5.74) is 2.42. The third kappa shape index (κ3) is 6.12. The van der Waals surface area contributed by atoms with Gasteiger partial charge in [0, 0.05) is 19.6 Å². The highest BCUT2D eigenvalue weighted by molar-refractivity contribution is 5.66. The lowest BCUT2D eigenvalue weighted by Crippen LogP contribution is -2.28. The molecule has 23 heavy (non-hydrogen) atoms. The number of nitrogens with zero attached hydrogens (tertiary/aromatic N) is 1. The molecule has 0 heterocycles. The Morgan fingerprint density at radius 2 is 1.70 bits per heavy atom. The van der Waals surface area contributed by atoms with Gasteiger partial charge in [-0.3, -0.25) is 9.69 Å². The Bertz CT molecular complexity index is 596. The summed E-state index contributed by atoms with van der Waals surface area (Å²) in [4.78, 5) is 13.0. The standard InChI is InChI=1S/C19H23NO3/c1-23-18-9-7-16(8-10-18)11-13-20(14-12-19(21)22)15-17-5-3-2-4-6-17/h2-10H,11-15H2,1H3,(H,21,22). The SMILES string of the molecule is COc1ccc(CCN(CCC(=O)O)Cc2ccccc2)cc1. The lowest BCUT2D eigenvalue weighted by molar-refractivity contribution is -0.137. The van der Waals surface area contributed by atoms with Crippen LogP contribution in [0.4, 0.5) is 0 Å². The summed E-state index contributed by atoms with van der Waals surface area (Å²) in [7, 11) is 1.66. The molecule has 2 aromatic carbocycles. The van der Waals surface area contributed by atoms with Gasteiger partial charge in [0.05, 0.1) is 13.5 Å². The fourth-order valence-electron chi connectivity index (χ4n) is 2.44. The van der Waals surface area contributed by atoms with Crippen LogP contribution >= 0.6 is 0 Å². The number of ether oxygens (including phenoxy) is 1. The summed E-state index contributed by atoms with van der Waals surface area (Å²) in [6, 6.07) is 18.2. The molecular formula is C19H23NO3. The summed E-state index contributed by atoms with van der Waals surface area (Å²) >= 11 is 0. The second kappa shape index (κ2) is 8.96. The van der Waals surface area contributed by atoms with Gasteiger partial charge in [-0.15, -0.1) is 0 Å². The zero-order valence-electron chi connectivity index (χ0n) is 13.4. The first-order valence-corrected chi connectivity index (χ1v) is 7.78. The molecule has 2 aromatic rings. The van der Waals surface area contributed by atoms with Crippen LogP contribution in [0.25, 0.3) is 0 Å². The number of rotatable bonds is 9. The third-order valence-corrected chi connectivity index (χ3v) is 3.77. The minimum atomic E-state index is -0.757. The third-order valence-electron chi connectivity index (χ3n) is 3.77. The Hall–Kier alpha value is -2.33. The number of hydrogen-bond donors (Lipinski definition) is 1. The molecule has 0 spiro atoms. The average molecular weight is 313 g/mol. The maximum absolute atomic E-state index is 10.9. The van der Waals surface area contributed by atoms with Gasteiger partial charge >= 0.3 is 5.97 Å². The molecule has 4 nitrogen and oxygen atoms in total. The number of carboxylic acids is 1. The highest BCUT2D eigenvalue weighted by Crippen LogP contribution is 2.13. The molecule has 2 rings (SSSR count). The van der Waals surface area contributed by atoms with Crippen molar-refractivity contribution in [1.29, 1.82) is 0 Å². The lowest BCUT2D eigenvalue weighted by Gasteiger charge is -2.21. The molecule has 0 saturated heterocycles. The molecule has 0 radical (unpaired) electrons. The summed E-state index contributed by atoms with van der Waals surface area (Å²) in [6.07, 6.45) is 1.05. The lowest BCUT2D eigenvalue weighted by atomic mass is 10.1. The molecule has 0 amide bonds. The fourth-order valence-corrected chi connectivity index (χ4v) is 2.44. The molecule has 0 bridgehead atoms. The molecule has 0 aliphatic carbocycles. The highest BCUT2D eigenvalue weighted by atomic mass is 16.5. The summed E-state index contributed by atoms with van der Waals surface area (Å²) in [5, 5.41) is 8.93. The molecule has 0 aliphatic rings. The number of methoxy groups -OCH3 is 1. The van der Waals surface area contributed by atoms with E-state index in [1.165, 1.54) is 11.1 Å². The number of carboxylic acid groups (broad SMARTS) is 1. The largest absolute Gasteiger partial charge is 0.497 e. The van der Waals surface area contributed by atoms with Crippen LogP contribution in [-0.2, 0) is 17.8 Å². The average Bonchev–Trinajstić information content (AvgIpc) is 2.58. The van der Waals surface area contributed by atoms with Gasteiger partial charge in [-0.2, -0.15) is 0 Å². The Morgan fingerprint density at radius 1 is 1.00 bits per heavy atom. The molecule has 0 saturated carbocycles. The topological polar surface area (TPSA) is 49.8 Å². The van der Waals surface area contributed by atoms with Gasteiger partial charge in [-0.05, 0) is 29.7 Å². The first kappa shape index (κ1) is 17.0. The van der Waals surface area contributed by atoms with E-state index >= 15 is 0 Å². The van der Waals surface area contributed by atoms with Crippen molar-refractivity contribution < 1.29 is 14.6 Å². The van der Waals surface area contributed by atoms with Crippen LogP contribution in [0.1, 0.15) is 17.5 Å². The van der Waals surface area contributed by atoms with Gasteiger partial charge in [0.15, 0.2) is 0 Å². The fraction of sp³-hybridized carbons (Fsp3) is 0.316. The van der Waals surface area contributed by atoms with Crippen LogP contribution in [0.15, 0.2) is 54.6 Å². The van der Waals surface area contributed by atoms with Crippen LogP contribution in [-0.4, -0.2) is 36.2 Å². The predicted octanol–water partition coefficient (Wildman–Crippen LogP) is 3.21. The summed E-state index contributed by atoms with van der Waals surface area (Å²) < 4.78 is 5.16. The number of benzene rings is 2. The van der Waals surface area contributed by atoms with Gasteiger partial charge < -0.3 is 9.84 Å². The van der Waals surface area contributed by atoms with Crippen LogP contribution in [0, 0.1) is 0 Å². The molecule has 0 aromatic heterocycles. The minimum Gasteiger partial charge on any atom is -0.497 e. The quantitative estimate of drug-likeness (QED) is 0.772. The summed E-state index contributed by atoms with van der Waals surface area (Å²) in [6.45, 7) is 2.15. The Morgan fingerprint density at radius 3 is 2.30 bits per heavy atom. The monoisotopic (exact) mass is 313 g/mol. The van der Waals surface area contributed by atoms with Crippen molar-refractivity contribution in [3.63, 3.8) is 0 Å². The van der Waals surface area contributed by atoms with E-state index in [4.69, 9.17) is 9.84 Å². The van der Waals surface area contributed by atoms with Crippen molar-refractivity contribution in [2.24, 2.45) is 0 Å². The van der Waals surface area contributed by atoms with E-state index in [0.717, 1.165) is 25.3 Å². The van der Waals surface area contributed by atoms with E-state index in [2.05, 4.69) is 29.2 Å². The molecule has 0 aliphatic heterocycles. The predicted molar refractivity (Wildman–Crippen MR) is 90.7 cm³/mol. The van der Waals surface area contributed by atoms with Gasteiger partial charge in [0.2, 0.25) is 0 Å². The van der Waals surface area contributed by atoms with Crippen molar-refractivity contribution >= 4 is 5.97 Å². The first-order chi connectivity index (χ1) is 11.2. The van der Waals surface area contributed by atoms with E-state index in [0.29, 0.717) is 6.54 Å². The van der Waals surface area contributed by atoms with Crippen molar-refractivity contribution in [2.45, 2.75) is 19.4 Å². The molecule has 4 heteroatoms. The van der Waals surface area contributed by atoms with Crippen LogP contribution in [0.5, 0.6) is 5.75 Å². The zero-order valence-corrected chi connectivity index (χ0v) is 13.4. The maximum Gasteiger partial charge on any atom is 0.304 e. The van der Waals surface area contributed by atoms with Crippen molar-refractivity contribution in [1.82, 2.24) is 4.90 Å². The minimum absolute atomic E-state index is 0.162. The molecule has 0 fully saturated rings. The Labute approximate surface area is 137 Å². The molecule has 0 atom stereocenters. The van der Waals surface area contributed by atoms with E-state index in [-0.39, 0.29) is 6.42 Å². The smallest absolute Gasteiger partial charge is 0.304 e. The maximum atomic E-state index is 10.9. The number of carbonyl (C=O) groups is 1. The van der Waals surface area contributed by atoms with E-state index in [9.17, 15) is 4.79 Å². The van der Waals surface area contributed by atoms with E-state index in [1.807, 2.05) is 30.3 Å². The zero-order chi connectivity index (χ0) is 16.5. The van der Waals surface area contributed by atoms with Crippen LogP contribution in [0.2, 0.25) is 0 Å². The second-order valence-electron chi connectivity index (χ2n) is 5.50. The molecule has 122 valence electrons. The van der Waals surface area contributed by atoms with Crippen LogP contribution < -0.4 is 4.74 Å². The van der Waals surface area contributed by atoms with Gasteiger partial charge in [0.25, 0.3) is 0 Å². The molecule has 0 unspecified atom stereocenters. The van der Waals surface area contributed by atoms with Crippen molar-refractivity contribution in [3.8, 4) is 5.75 Å². The van der Waals surface area contributed by atoms with E-state index in [1.54, 1.807) is 7.11 Å². The summed E-state index contributed by atoms with van der Waals surface area (Å²) in [5.74, 6) is 0.0910. The van der Waals surface area contributed by atoms with Gasteiger partial charge in [0.1, 0.15) is 5.75 Å². The van der Waals surface area contributed by atoms with Gasteiger partial charge in [-0.1, -0.05) is 42.5 Å². The molecular weight excluding hydrogens is 290 g/mol.